The quantitative estimate of drug-likeness (QED) is 0.338. The highest BCUT2D eigenvalue weighted by molar-refractivity contribution is 7.99. The zero-order chi connectivity index (χ0) is 19.7. The van der Waals surface area contributed by atoms with E-state index in [4.69, 9.17) is 4.52 Å². The maximum atomic E-state index is 12.8. The number of nitrogens with zero attached hydrogens (tertiary/aromatic N) is 6. The average molecular weight is 415 g/mol. The van der Waals surface area contributed by atoms with Gasteiger partial charge in [0, 0.05) is 27.9 Å². The predicted octanol–water partition coefficient (Wildman–Crippen LogP) is 3.46. The van der Waals surface area contributed by atoms with E-state index in [2.05, 4.69) is 20.7 Å². The molecule has 0 saturated heterocycles. The lowest BCUT2D eigenvalue weighted by Crippen LogP contribution is -2.08. The molecule has 0 atom stereocenters. The van der Waals surface area contributed by atoms with Crippen LogP contribution in [0.15, 0.2) is 39.3 Å². The summed E-state index contributed by atoms with van der Waals surface area (Å²) in [4.78, 5) is 14.0. The summed E-state index contributed by atoms with van der Waals surface area (Å²) in [6, 6.07) is 7.76. The monoisotopic (exact) mass is 414 g/mol. The van der Waals surface area contributed by atoms with Gasteiger partial charge in [-0.25, -0.2) is 4.68 Å². The summed E-state index contributed by atoms with van der Waals surface area (Å²) in [5.74, 6) is 1.69. The largest absolute Gasteiger partial charge is 0.360 e. The summed E-state index contributed by atoms with van der Waals surface area (Å²) in [5.41, 5.74) is 2.44. The van der Waals surface area contributed by atoms with Crippen LogP contribution in [0.5, 0.6) is 0 Å². The Hall–Kier alpha value is -2.72. The molecule has 0 spiro atoms. The number of Topliss-reactive ketones (excluding diaryl/α,β-unsaturated/α-hetero) is 1. The molecule has 0 amide bonds. The summed E-state index contributed by atoms with van der Waals surface area (Å²) in [6.45, 7) is 6.30. The van der Waals surface area contributed by atoms with Gasteiger partial charge in [-0.15, -0.1) is 16.4 Å². The third-order valence-electron chi connectivity index (χ3n) is 4.29. The number of thiophene rings is 1. The van der Waals surface area contributed by atoms with E-state index in [9.17, 15) is 4.79 Å². The molecule has 0 radical (unpaired) electrons. The van der Waals surface area contributed by atoms with Gasteiger partial charge in [-0.05, 0) is 48.7 Å². The van der Waals surface area contributed by atoms with E-state index in [1.165, 1.54) is 11.8 Å². The molecule has 0 saturated carbocycles. The first-order chi connectivity index (χ1) is 13.5. The van der Waals surface area contributed by atoms with Crippen molar-refractivity contribution in [3.63, 3.8) is 0 Å². The molecule has 0 N–H and O–H groups in total. The molecule has 144 valence electrons. The zero-order valence-corrected chi connectivity index (χ0v) is 17.3. The number of tetrazole rings is 1. The molecule has 0 bridgehead atoms. The van der Waals surface area contributed by atoms with Crippen LogP contribution < -0.4 is 0 Å². The smallest absolute Gasteiger partial charge is 0.210 e. The standard InChI is InChI=1S/C18H18N6O2S2/c1-11-7-15(13(3)24(11)17-8-12(2)26-20-17)16(25)10-28-18-19-21-22-23(18)9-14-5-4-6-27-14/h4-8H,9-10H2,1-3H3. The van der Waals surface area contributed by atoms with Crippen LogP contribution in [0.4, 0.5) is 0 Å². The second-order valence-electron chi connectivity index (χ2n) is 6.33. The second kappa shape index (κ2) is 7.72. The average Bonchev–Trinajstić information content (AvgIpc) is 3.44. The molecule has 0 aliphatic heterocycles. The minimum Gasteiger partial charge on any atom is -0.360 e. The highest BCUT2D eigenvalue weighted by atomic mass is 32.2. The summed E-state index contributed by atoms with van der Waals surface area (Å²) < 4.78 is 8.81. The Bertz CT molecular complexity index is 1110. The number of carbonyl (C=O) groups excluding carboxylic acids is 1. The molecule has 0 aliphatic rings. The molecular weight excluding hydrogens is 396 g/mol. The van der Waals surface area contributed by atoms with Crippen LogP contribution in [0.3, 0.4) is 0 Å². The normalized spacial score (nSPS) is 11.2. The van der Waals surface area contributed by atoms with Crippen LogP contribution >= 0.6 is 23.1 Å². The lowest BCUT2D eigenvalue weighted by atomic mass is 10.2. The molecule has 8 nitrogen and oxygen atoms in total. The van der Waals surface area contributed by atoms with Gasteiger partial charge in [0.2, 0.25) is 5.16 Å². The first kappa shape index (κ1) is 18.6. The molecule has 4 aromatic heterocycles. The number of thioether (sulfide) groups is 1. The number of aromatic nitrogens is 6. The minimum absolute atomic E-state index is 0.0234. The molecule has 4 rings (SSSR count). The van der Waals surface area contributed by atoms with E-state index in [1.807, 2.05) is 55.0 Å². The molecule has 0 aromatic carbocycles. The Morgan fingerprint density at radius 3 is 2.86 bits per heavy atom. The Balaban J connectivity index is 1.49. The van der Waals surface area contributed by atoms with Crippen molar-refractivity contribution in [2.45, 2.75) is 32.5 Å². The molecule has 4 heterocycles. The van der Waals surface area contributed by atoms with Crippen molar-refractivity contribution in [3.05, 3.63) is 57.2 Å². The highest BCUT2D eigenvalue weighted by Gasteiger charge is 2.19. The molecule has 4 aromatic rings. The number of hydrogen-bond acceptors (Lipinski definition) is 8. The lowest BCUT2D eigenvalue weighted by molar-refractivity contribution is 0.102. The van der Waals surface area contributed by atoms with E-state index < -0.39 is 0 Å². The van der Waals surface area contributed by atoms with Crippen molar-refractivity contribution in [1.29, 1.82) is 0 Å². The van der Waals surface area contributed by atoms with Crippen LogP contribution in [0.25, 0.3) is 5.82 Å². The van der Waals surface area contributed by atoms with Gasteiger partial charge in [0.05, 0.1) is 12.3 Å². The van der Waals surface area contributed by atoms with Crippen LogP contribution in [-0.4, -0.2) is 41.5 Å². The van der Waals surface area contributed by atoms with Crippen LogP contribution in [-0.2, 0) is 6.54 Å². The van der Waals surface area contributed by atoms with Crippen LogP contribution in [0.2, 0.25) is 0 Å². The first-order valence-electron chi connectivity index (χ1n) is 8.60. The lowest BCUT2D eigenvalue weighted by Gasteiger charge is -2.05. The number of ketones is 1. The Kier molecular flexibility index (Phi) is 5.14. The van der Waals surface area contributed by atoms with Crippen LogP contribution in [0.1, 0.15) is 32.4 Å². The maximum Gasteiger partial charge on any atom is 0.210 e. The SMILES string of the molecule is Cc1cc(-n2c(C)cc(C(=O)CSc3nnnn3Cc3cccs3)c2C)no1. The van der Waals surface area contributed by atoms with E-state index in [0.29, 0.717) is 23.1 Å². The van der Waals surface area contributed by atoms with Crippen molar-refractivity contribution >= 4 is 28.9 Å². The fraction of sp³-hybridized carbons (Fsp3) is 0.278. The first-order valence-corrected chi connectivity index (χ1v) is 10.5. The van der Waals surface area contributed by atoms with Gasteiger partial charge < -0.3 is 4.52 Å². The van der Waals surface area contributed by atoms with Crippen LogP contribution in [0, 0.1) is 20.8 Å². The number of rotatable bonds is 7. The fourth-order valence-corrected chi connectivity index (χ4v) is 4.46. The third-order valence-corrected chi connectivity index (χ3v) is 6.11. The van der Waals surface area contributed by atoms with Gasteiger partial charge in [0.1, 0.15) is 5.76 Å². The molecule has 10 heteroatoms. The van der Waals surface area contributed by atoms with Gasteiger partial charge in [-0.1, -0.05) is 23.0 Å². The predicted molar refractivity (Wildman–Crippen MR) is 106 cm³/mol. The van der Waals surface area contributed by atoms with Gasteiger partial charge in [-0.2, -0.15) is 0 Å². The topological polar surface area (TPSA) is 91.6 Å². The summed E-state index contributed by atoms with van der Waals surface area (Å²) in [7, 11) is 0. The molecular formula is C18H18N6O2S2. The number of aryl methyl sites for hydroxylation is 2. The van der Waals surface area contributed by atoms with E-state index in [-0.39, 0.29) is 11.5 Å². The Morgan fingerprint density at radius 2 is 2.14 bits per heavy atom. The molecule has 28 heavy (non-hydrogen) atoms. The van der Waals surface area contributed by atoms with Gasteiger partial charge >= 0.3 is 0 Å². The number of carbonyl (C=O) groups is 1. The fourth-order valence-electron chi connectivity index (χ4n) is 3.01. The summed E-state index contributed by atoms with van der Waals surface area (Å²) in [5, 5.41) is 18.5. The van der Waals surface area contributed by atoms with Gasteiger partial charge in [0.25, 0.3) is 0 Å². The minimum atomic E-state index is 0.0234. The Labute approximate surface area is 169 Å². The molecule has 0 unspecified atom stereocenters. The summed E-state index contributed by atoms with van der Waals surface area (Å²) in [6.07, 6.45) is 0. The third kappa shape index (κ3) is 3.65. The van der Waals surface area contributed by atoms with Gasteiger partial charge in [0.15, 0.2) is 11.6 Å². The Morgan fingerprint density at radius 1 is 1.29 bits per heavy atom. The molecule has 0 aliphatic carbocycles. The molecule has 0 fully saturated rings. The maximum absolute atomic E-state index is 12.8. The highest BCUT2D eigenvalue weighted by Crippen LogP contribution is 2.24. The second-order valence-corrected chi connectivity index (χ2v) is 8.30. The van der Waals surface area contributed by atoms with E-state index in [0.717, 1.165) is 22.0 Å². The van der Waals surface area contributed by atoms with E-state index >= 15 is 0 Å². The van der Waals surface area contributed by atoms with Crippen molar-refractivity contribution in [2.75, 3.05) is 5.75 Å². The van der Waals surface area contributed by atoms with Crippen molar-refractivity contribution in [2.24, 2.45) is 0 Å². The van der Waals surface area contributed by atoms with Crippen molar-refractivity contribution in [1.82, 2.24) is 29.9 Å². The summed E-state index contributed by atoms with van der Waals surface area (Å²) >= 11 is 2.99. The van der Waals surface area contributed by atoms with Gasteiger partial charge in [-0.3, -0.25) is 9.36 Å². The van der Waals surface area contributed by atoms with Crippen molar-refractivity contribution in [3.8, 4) is 5.82 Å². The van der Waals surface area contributed by atoms with E-state index in [1.54, 1.807) is 16.0 Å². The van der Waals surface area contributed by atoms with Crippen molar-refractivity contribution < 1.29 is 9.32 Å². The number of hydrogen-bond donors (Lipinski definition) is 0. The zero-order valence-electron chi connectivity index (χ0n) is 15.6.